The van der Waals surface area contributed by atoms with Crippen LogP contribution in [0, 0.1) is 24.0 Å². The molecule has 3 aromatic carbocycles. The molecule has 0 saturated carbocycles. The van der Waals surface area contributed by atoms with Crippen molar-refractivity contribution in [1.29, 1.82) is 0 Å². The number of carbonyl (C=O) groups is 1. The summed E-state index contributed by atoms with van der Waals surface area (Å²) in [5, 5.41) is 14.8. The minimum atomic E-state index is -0.432. The predicted molar refractivity (Wildman–Crippen MR) is 129 cm³/mol. The highest BCUT2D eigenvalue weighted by molar-refractivity contribution is 7.19. The number of nitro groups is 1. The highest BCUT2D eigenvalue weighted by Gasteiger charge is 2.19. The summed E-state index contributed by atoms with van der Waals surface area (Å²) >= 11 is 7.32. The monoisotopic (exact) mass is 463 g/mol. The van der Waals surface area contributed by atoms with Crippen LogP contribution in [0.1, 0.15) is 21.5 Å². The Labute approximate surface area is 193 Å². The largest absolute Gasteiger partial charge is 0.298 e. The molecule has 4 aromatic rings. The van der Waals surface area contributed by atoms with Gasteiger partial charge in [-0.3, -0.25) is 20.2 Å². The van der Waals surface area contributed by atoms with Gasteiger partial charge in [-0.25, -0.2) is 4.98 Å². The molecule has 1 heterocycles. The Balaban J connectivity index is 1.77. The van der Waals surface area contributed by atoms with Crippen molar-refractivity contribution in [2.24, 2.45) is 0 Å². The van der Waals surface area contributed by atoms with E-state index in [2.05, 4.69) is 11.4 Å². The molecule has 0 unspecified atom stereocenters. The Morgan fingerprint density at radius 2 is 1.81 bits per heavy atom. The van der Waals surface area contributed by atoms with Crippen LogP contribution in [-0.2, 0) is 0 Å². The van der Waals surface area contributed by atoms with E-state index in [0.717, 1.165) is 27.1 Å². The summed E-state index contributed by atoms with van der Waals surface area (Å²) in [4.78, 5) is 28.8. The fourth-order valence-corrected chi connectivity index (χ4v) is 4.54. The van der Waals surface area contributed by atoms with Crippen molar-refractivity contribution in [1.82, 2.24) is 4.98 Å². The number of aryl methyl sites for hydroxylation is 2. The van der Waals surface area contributed by atoms with E-state index in [0.29, 0.717) is 21.4 Å². The molecule has 1 N–H and O–H groups in total. The standard InChI is InChI=1S/C24H18ClN3O3S/c1-14-6-11-20(15(2)12-14)21-22(16-7-9-19(10-8-16)28(30)31)32-24(26-21)27-23(29)17-4-3-5-18(25)13-17/h3-13H,1-2H3,(H,26,27,29). The first-order valence-electron chi connectivity index (χ1n) is 9.72. The van der Waals surface area contributed by atoms with Crippen LogP contribution in [0.5, 0.6) is 0 Å². The maximum Gasteiger partial charge on any atom is 0.269 e. The molecular formula is C24H18ClN3O3S. The summed E-state index contributed by atoms with van der Waals surface area (Å²) in [5.41, 5.74) is 5.05. The quantitative estimate of drug-likeness (QED) is 0.257. The lowest BCUT2D eigenvalue weighted by Gasteiger charge is -2.07. The Bertz CT molecular complexity index is 1330. The number of rotatable bonds is 5. The Kier molecular flexibility index (Phi) is 6.03. The van der Waals surface area contributed by atoms with Crippen LogP contribution >= 0.6 is 22.9 Å². The van der Waals surface area contributed by atoms with Gasteiger partial charge < -0.3 is 0 Å². The van der Waals surface area contributed by atoms with Crippen molar-refractivity contribution in [3.8, 4) is 21.7 Å². The summed E-state index contributed by atoms with van der Waals surface area (Å²) in [6.45, 7) is 4.03. The van der Waals surface area contributed by atoms with Gasteiger partial charge >= 0.3 is 0 Å². The maximum absolute atomic E-state index is 12.7. The third-order valence-corrected chi connectivity index (χ3v) is 6.17. The molecule has 160 valence electrons. The molecule has 0 saturated heterocycles. The normalized spacial score (nSPS) is 10.7. The summed E-state index contributed by atoms with van der Waals surface area (Å²) in [7, 11) is 0. The number of hydrogen-bond acceptors (Lipinski definition) is 5. The minimum absolute atomic E-state index is 0.0146. The molecule has 0 atom stereocenters. The van der Waals surface area contributed by atoms with Crippen LogP contribution in [-0.4, -0.2) is 15.8 Å². The van der Waals surface area contributed by atoms with Gasteiger partial charge in [0.05, 0.1) is 15.5 Å². The first-order valence-corrected chi connectivity index (χ1v) is 10.9. The van der Waals surface area contributed by atoms with Gasteiger partial charge in [-0.2, -0.15) is 0 Å². The Morgan fingerprint density at radius 1 is 1.06 bits per heavy atom. The highest BCUT2D eigenvalue weighted by atomic mass is 35.5. The number of nitro benzene ring substituents is 1. The smallest absolute Gasteiger partial charge is 0.269 e. The van der Waals surface area contributed by atoms with Gasteiger partial charge in [-0.15, -0.1) is 0 Å². The van der Waals surface area contributed by atoms with E-state index in [1.165, 1.54) is 23.5 Å². The van der Waals surface area contributed by atoms with E-state index in [-0.39, 0.29) is 11.6 Å². The predicted octanol–water partition coefficient (Wildman–Crippen LogP) is 6.91. The molecular weight excluding hydrogens is 446 g/mol. The fourth-order valence-electron chi connectivity index (χ4n) is 3.36. The van der Waals surface area contributed by atoms with Crippen LogP contribution in [0.2, 0.25) is 5.02 Å². The molecule has 32 heavy (non-hydrogen) atoms. The van der Waals surface area contributed by atoms with Gasteiger partial charge in [0.25, 0.3) is 11.6 Å². The molecule has 6 nitrogen and oxygen atoms in total. The second-order valence-electron chi connectivity index (χ2n) is 7.28. The number of hydrogen-bond donors (Lipinski definition) is 1. The van der Waals surface area contributed by atoms with Crippen molar-refractivity contribution in [3.05, 3.63) is 98.6 Å². The van der Waals surface area contributed by atoms with Crippen LogP contribution in [0.25, 0.3) is 21.7 Å². The molecule has 0 aliphatic heterocycles. The first-order chi connectivity index (χ1) is 15.3. The second-order valence-corrected chi connectivity index (χ2v) is 8.72. The number of nitrogens with zero attached hydrogens (tertiary/aromatic N) is 2. The number of nitrogens with one attached hydrogen (secondary N) is 1. The third kappa shape index (κ3) is 4.54. The van der Waals surface area contributed by atoms with Gasteiger partial charge in [0.15, 0.2) is 5.13 Å². The van der Waals surface area contributed by atoms with Crippen molar-refractivity contribution in [3.63, 3.8) is 0 Å². The molecule has 0 spiro atoms. The number of amides is 1. The van der Waals surface area contributed by atoms with Gasteiger partial charge in [0.2, 0.25) is 0 Å². The van der Waals surface area contributed by atoms with Gasteiger partial charge in [-0.05, 0) is 55.3 Å². The van der Waals surface area contributed by atoms with Crippen molar-refractivity contribution < 1.29 is 9.72 Å². The third-order valence-electron chi connectivity index (χ3n) is 4.91. The lowest BCUT2D eigenvalue weighted by molar-refractivity contribution is -0.384. The summed E-state index contributed by atoms with van der Waals surface area (Å²) in [5.74, 6) is -0.316. The van der Waals surface area contributed by atoms with Gasteiger partial charge in [-0.1, -0.05) is 52.8 Å². The first kappa shape index (κ1) is 21.7. The van der Waals surface area contributed by atoms with Crippen molar-refractivity contribution in [2.75, 3.05) is 5.32 Å². The van der Waals surface area contributed by atoms with Crippen LogP contribution in [0.3, 0.4) is 0 Å². The molecule has 8 heteroatoms. The van der Waals surface area contributed by atoms with Crippen molar-refractivity contribution in [2.45, 2.75) is 13.8 Å². The minimum Gasteiger partial charge on any atom is -0.298 e. The SMILES string of the molecule is Cc1ccc(-c2nc(NC(=O)c3cccc(Cl)c3)sc2-c2ccc([N+](=O)[O-])cc2)c(C)c1. The zero-order valence-electron chi connectivity index (χ0n) is 17.3. The Morgan fingerprint density at radius 3 is 2.47 bits per heavy atom. The zero-order chi connectivity index (χ0) is 22.8. The lowest BCUT2D eigenvalue weighted by atomic mass is 10.0. The number of non-ortho nitro benzene ring substituents is 1. The van der Waals surface area contributed by atoms with E-state index in [9.17, 15) is 14.9 Å². The number of benzene rings is 3. The molecule has 0 aliphatic rings. The molecule has 0 aliphatic carbocycles. The lowest BCUT2D eigenvalue weighted by Crippen LogP contribution is -2.11. The van der Waals surface area contributed by atoms with E-state index in [1.807, 2.05) is 26.0 Å². The fraction of sp³-hybridized carbons (Fsp3) is 0.0833. The summed E-state index contributed by atoms with van der Waals surface area (Å²) in [6.07, 6.45) is 0. The van der Waals surface area contributed by atoms with Crippen LogP contribution < -0.4 is 5.32 Å². The number of halogens is 1. The van der Waals surface area contributed by atoms with E-state index in [1.54, 1.807) is 36.4 Å². The molecule has 0 radical (unpaired) electrons. The topological polar surface area (TPSA) is 85.1 Å². The molecule has 1 amide bonds. The number of aromatic nitrogens is 1. The van der Waals surface area contributed by atoms with E-state index in [4.69, 9.17) is 16.6 Å². The van der Waals surface area contributed by atoms with Crippen LogP contribution in [0.15, 0.2) is 66.7 Å². The average Bonchev–Trinajstić information content (AvgIpc) is 3.17. The van der Waals surface area contributed by atoms with Gasteiger partial charge in [0.1, 0.15) is 0 Å². The highest BCUT2D eigenvalue weighted by Crippen LogP contribution is 2.40. The number of carbonyl (C=O) groups excluding carboxylic acids is 1. The number of anilines is 1. The average molecular weight is 464 g/mol. The van der Waals surface area contributed by atoms with E-state index >= 15 is 0 Å². The van der Waals surface area contributed by atoms with Crippen molar-refractivity contribution >= 4 is 39.7 Å². The zero-order valence-corrected chi connectivity index (χ0v) is 18.8. The van der Waals surface area contributed by atoms with Gasteiger partial charge in [0, 0.05) is 28.3 Å². The van der Waals surface area contributed by atoms with Crippen LogP contribution in [0.4, 0.5) is 10.8 Å². The molecule has 4 rings (SSSR count). The van der Waals surface area contributed by atoms with E-state index < -0.39 is 4.92 Å². The summed E-state index contributed by atoms with van der Waals surface area (Å²) in [6, 6.07) is 19.1. The summed E-state index contributed by atoms with van der Waals surface area (Å²) < 4.78 is 0. The maximum atomic E-state index is 12.7. The Hall–Kier alpha value is -3.55. The molecule has 0 bridgehead atoms. The second kappa shape index (κ2) is 8.90. The molecule has 0 fully saturated rings. The molecule has 1 aromatic heterocycles. The number of thiazole rings is 1.